The summed E-state index contributed by atoms with van der Waals surface area (Å²) >= 11 is 0. The lowest BCUT2D eigenvalue weighted by atomic mass is 9.88. The SMILES string of the molecule is C[C@@H]1CCC=C[C@@H]2C[C@@]2(C(=O)NS(=O)(=O)C2(C)CC2)NC(=O)[C@@H]2C[C@@H](Oc3nc4nccn4c4ccccc34)CN2C(=O)[C@@H](NC(=O)O)[C@H](C)C1. The number of nitrogens with zero attached hydrogens (tertiary/aromatic N) is 4. The zero-order valence-corrected chi connectivity index (χ0v) is 29.6. The zero-order valence-electron chi connectivity index (χ0n) is 28.7. The van der Waals surface area contributed by atoms with Crippen molar-refractivity contribution in [3.05, 3.63) is 48.8 Å². The van der Waals surface area contributed by atoms with Gasteiger partial charge in [0.2, 0.25) is 33.5 Å². The molecule has 2 aliphatic heterocycles. The van der Waals surface area contributed by atoms with Crippen molar-refractivity contribution in [2.24, 2.45) is 17.8 Å². The fraction of sp³-hybridized carbons (Fsp3) is 0.543. The first-order valence-corrected chi connectivity index (χ1v) is 18.9. The fourth-order valence-corrected chi connectivity index (χ4v) is 8.87. The maximum atomic E-state index is 14.4. The van der Waals surface area contributed by atoms with E-state index < -0.39 is 74.1 Å². The summed E-state index contributed by atoms with van der Waals surface area (Å²) in [6, 6.07) is 5.14. The number of sulfonamides is 1. The summed E-state index contributed by atoms with van der Waals surface area (Å²) in [7, 11) is -4.00. The van der Waals surface area contributed by atoms with Crippen LogP contribution in [0.25, 0.3) is 16.7 Å². The van der Waals surface area contributed by atoms with Crippen LogP contribution in [-0.2, 0) is 24.4 Å². The Bertz CT molecular complexity index is 2050. The Morgan fingerprint density at radius 2 is 1.90 bits per heavy atom. The number of ether oxygens (including phenoxy) is 1. The third-order valence-corrected chi connectivity index (χ3v) is 13.2. The van der Waals surface area contributed by atoms with Gasteiger partial charge in [-0.2, -0.15) is 4.98 Å². The Balaban J connectivity index is 1.23. The smallest absolute Gasteiger partial charge is 0.405 e. The Labute approximate surface area is 295 Å². The van der Waals surface area contributed by atoms with Gasteiger partial charge < -0.3 is 25.4 Å². The first-order valence-electron chi connectivity index (χ1n) is 17.5. The third-order valence-electron chi connectivity index (χ3n) is 11.0. The topological polar surface area (TPSA) is 201 Å². The minimum Gasteiger partial charge on any atom is -0.472 e. The zero-order chi connectivity index (χ0) is 36.3. The number of fused-ring (bicyclic) bond motifs is 5. The van der Waals surface area contributed by atoms with Crippen molar-refractivity contribution < 1.29 is 37.4 Å². The molecule has 3 fully saturated rings. The van der Waals surface area contributed by atoms with E-state index in [0.717, 1.165) is 11.9 Å². The van der Waals surface area contributed by atoms with E-state index in [4.69, 9.17) is 4.74 Å². The van der Waals surface area contributed by atoms with Crippen LogP contribution in [0, 0.1) is 17.8 Å². The molecule has 4 aliphatic rings. The van der Waals surface area contributed by atoms with Crippen LogP contribution in [0.2, 0.25) is 0 Å². The van der Waals surface area contributed by atoms with E-state index in [1.165, 1.54) is 4.90 Å². The minimum absolute atomic E-state index is 0.00630. The Hall–Kier alpha value is -4.73. The standard InChI is InChI=1S/C35H43N7O8S/c1-20-8-4-5-9-22-18-35(22,31(45)40-51(48,49)34(3)12-13-34)39-28(43)26-17-23(19-42(26)30(44)27(21(2)16-20)37-33(46)47)50-29-24-10-6-7-11-25(24)41-15-14-36-32(41)38-29/h5-7,9-11,14-15,20-23,26-27,37H,4,8,12-13,16-19H2,1-3H3,(H,39,43)(H,40,45)(H,46,47)/t20-,21-,22-,23-,26+,27+,35-/m1/s1. The second kappa shape index (κ2) is 12.8. The van der Waals surface area contributed by atoms with Crippen LogP contribution in [0.4, 0.5) is 4.79 Å². The number of amides is 4. The number of nitrogens with one attached hydrogen (secondary N) is 3. The predicted octanol–water partition coefficient (Wildman–Crippen LogP) is 2.75. The second-order valence-electron chi connectivity index (χ2n) is 14.9. The first-order chi connectivity index (χ1) is 24.2. The number of carbonyl (C=O) groups excluding carboxylic acids is 3. The monoisotopic (exact) mass is 721 g/mol. The van der Waals surface area contributed by atoms with Crippen LogP contribution < -0.4 is 20.1 Å². The van der Waals surface area contributed by atoms with Gasteiger partial charge >= 0.3 is 6.09 Å². The lowest BCUT2D eigenvalue weighted by Crippen LogP contribution is -2.59. The Kier molecular flexibility index (Phi) is 8.71. The molecule has 1 saturated heterocycles. The van der Waals surface area contributed by atoms with E-state index in [0.29, 0.717) is 36.8 Å². The van der Waals surface area contributed by atoms with Gasteiger partial charge in [0.25, 0.3) is 5.91 Å². The summed E-state index contributed by atoms with van der Waals surface area (Å²) in [4.78, 5) is 64.7. The van der Waals surface area contributed by atoms with Crippen molar-refractivity contribution in [2.45, 2.75) is 94.2 Å². The van der Waals surface area contributed by atoms with E-state index in [9.17, 15) is 32.7 Å². The lowest BCUT2D eigenvalue weighted by molar-refractivity contribution is -0.142. The maximum absolute atomic E-state index is 14.4. The molecular formula is C35H43N7O8S. The van der Waals surface area contributed by atoms with Crippen LogP contribution in [0.1, 0.15) is 65.7 Å². The number of rotatable bonds is 6. The average Bonchev–Trinajstić information content (AvgIpc) is 3.86. The molecule has 2 aliphatic carbocycles. The van der Waals surface area contributed by atoms with E-state index in [-0.39, 0.29) is 31.2 Å². The minimum atomic E-state index is -4.00. The number of aromatic nitrogens is 3. The number of imidazole rings is 1. The lowest BCUT2D eigenvalue weighted by Gasteiger charge is -2.32. The average molecular weight is 722 g/mol. The van der Waals surface area contributed by atoms with Crippen molar-refractivity contribution in [1.29, 1.82) is 0 Å². The van der Waals surface area contributed by atoms with Crippen molar-refractivity contribution in [3.63, 3.8) is 0 Å². The van der Waals surface area contributed by atoms with Gasteiger partial charge in [-0.15, -0.1) is 0 Å². The van der Waals surface area contributed by atoms with Gasteiger partial charge in [-0.05, 0) is 69.4 Å². The number of benzene rings is 1. The fourth-order valence-electron chi connectivity index (χ4n) is 7.56. The Morgan fingerprint density at radius 3 is 2.65 bits per heavy atom. The second-order valence-corrected chi connectivity index (χ2v) is 17.1. The number of carbonyl (C=O) groups is 4. The van der Waals surface area contributed by atoms with Gasteiger partial charge in [-0.3, -0.25) is 23.5 Å². The summed E-state index contributed by atoms with van der Waals surface area (Å²) < 4.78 is 35.7. The van der Waals surface area contributed by atoms with Gasteiger partial charge in [0.05, 0.1) is 22.2 Å². The molecule has 4 N–H and O–H groups in total. The van der Waals surface area contributed by atoms with Gasteiger partial charge in [0.1, 0.15) is 23.7 Å². The molecule has 15 nitrogen and oxygen atoms in total. The molecular weight excluding hydrogens is 678 g/mol. The third kappa shape index (κ3) is 6.49. The molecule has 0 radical (unpaired) electrons. The van der Waals surface area contributed by atoms with E-state index in [1.807, 2.05) is 54.7 Å². The number of allylic oxidation sites excluding steroid dienone is 1. The molecule has 2 saturated carbocycles. The van der Waals surface area contributed by atoms with Crippen LogP contribution >= 0.6 is 0 Å². The predicted molar refractivity (Wildman–Crippen MR) is 185 cm³/mol. The van der Waals surface area contributed by atoms with Crippen molar-refractivity contribution in [3.8, 4) is 5.88 Å². The van der Waals surface area contributed by atoms with Gasteiger partial charge in [-0.25, -0.2) is 18.2 Å². The van der Waals surface area contributed by atoms with Crippen molar-refractivity contribution in [2.75, 3.05) is 6.54 Å². The number of para-hydroxylation sites is 1. The number of hydrogen-bond acceptors (Lipinski definition) is 9. The summed E-state index contributed by atoms with van der Waals surface area (Å²) in [5.74, 6) is -2.16. The van der Waals surface area contributed by atoms with Crippen LogP contribution in [0.5, 0.6) is 5.88 Å². The molecule has 4 heterocycles. The molecule has 0 unspecified atom stereocenters. The van der Waals surface area contributed by atoms with E-state index in [2.05, 4.69) is 25.3 Å². The van der Waals surface area contributed by atoms with Crippen LogP contribution in [0.3, 0.4) is 0 Å². The van der Waals surface area contributed by atoms with Crippen LogP contribution in [-0.4, -0.2) is 91.6 Å². The molecule has 0 bridgehead atoms. The van der Waals surface area contributed by atoms with Crippen LogP contribution in [0.15, 0.2) is 48.8 Å². The largest absolute Gasteiger partial charge is 0.472 e. The molecule has 1 aromatic carbocycles. The van der Waals surface area contributed by atoms with Gasteiger partial charge in [0, 0.05) is 24.7 Å². The highest BCUT2D eigenvalue weighted by Gasteiger charge is 2.63. The molecule has 3 aromatic rings. The highest BCUT2D eigenvalue weighted by atomic mass is 32.2. The normalized spacial score (nSPS) is 30.8. The number of hydrogen-bond donors (Lipinski definition) is 4. The highest BCUT2D eigenvalue weighted by molar-refractivity contribution is 7.91. The molecule has 7 atom stereocenters. The Morgan fingerprint density at radius 1 is 1.14 bits per heavy atom. The molecule has 51 heavy (non-hydrogen) atoms. The van der Waals surface area contributed by atoms with E-state index in [1.54, 1.807) is 19.3 Å². The summed E-state index contributed by atoms with van der Waals surface area (Å²) in [6.45, 7) is 5.35. The molecule has 272 valence electrons. The molecule has 4 amide bonds. The maximum Gasteiger partial charge on any atom is 0.405 e. The quantitative estimate of drug-likeness (QED) is 0.274. The summed E-state index contributed by atoms with van der Waals surface area (Å²) in [6.07, 6.45) is 8.05. The first kappa shape index (κ1) is 34.7. The molecule has 16 heteroatoms. The summed E-state index contributed by atoms with van der Waals surface area (Å²) in [5, 5.41) is 15.7. The highest BCUT2D eigenvalue weighted by Crippen LogP contribution is 2.47. The van der Waals surface area contributed by atoms with Crippen molar-refractivity contribution >= 4 is 50.5 Å². The number of carboxylic acid groups (broad SMARTS) is 1. The molecule has 0 spiro atoms. The molecule has 2 aromatic heterocycles. The summed E-state index contributed by atoms with van der Waals surface area (Å²) in [5.41, 5.74) is -0.748. The van der Waals surface area contributed by atoms with E-state index >= 15 is 0 Å². The van der Waals surface area contributed by atoms with Gasteiger partial charge in [0.15, 0.2) is 0 Å². The molecule has 7 rings (SSSR count). The van der Waals surface area contributed by atoms with Gasteiger partial charge in [-0.1, -0.05) is 38.1 Å². The van der Waals surface area contributed by atoms with Crippen molar-refractivity contribution in [1.82, 2.24) is 34.6 Å².